The topological polar surface area (TPSA) is 80.4 Å². The minimum atomic E-state index is 0.364. The number of nitrogen functional groups attached to an aromatic ring is 1. The van der Waals surface area contributed by atoms with Crippen molar-refractivity contribution in [1.82, 2.24) is 19.9 Å². The Bertz CT molecular complexity index is 642. The van der Waals surface area contributed by atoms with Crippen LogP contribution in [0.5, 0.6) is 11.6 Å². The van der Waals surface area contributed by atoms with Crippen LogP contribution < -0.4 is 15.4 Å². The van der Waals surface area contributed by atoms with Crippen molar-refractivity contribution in [2.24, 2.45) is 0 Å². The van der Waals surface area contributed by atoms with E-state index < -0.39 is 0 Å². The molecule has 2 aromatic rings. The van der Waals surface area contributed by atoms with Gasteiger partial charge in [0.05, 0.1) is 6.20 Å². The van der Waals surface area contributed by atoms with E-state index in [1.54, 1.807) is 18.5 Å². The maximum Gasteiger partial charge on any atom is 0.248 e. The molecule has 0 unspecified atom stereocenters. The van der Waals surface area contributed by atoms with Crippen LogP contribution in [0.1, 0.15) is 12.8 Å². The second-order valence-electron chi connectivity index (χ2n) is 5.85. The van der Waals surface area contributed by atoms with Gasteiger partial charge in [-0.3, -0.25) is 4.98 Å². The maximum absolute atomic E-state index is 6.24. The van der Waals surface area contributed by atoms with E-state index >= 15 is 0 Å². The zero-order valence-corrected chi connectivity index (χ0v) is 13.5. The van der Waals surface area contributed by atoms with E-state index in [0.29, 0.717) is 29.2 Å². The normalized spacial score (nSPS) is 16.3. The molecule has 3 rings (SSSR count). The monoisotopic (exact) mass is 314 g/mol. The molecule has 23 heavy (non-hydrogen) atoms. The van der Waals surface area contributed by atoms with Crippen molar-refractivity contribution in [2.75, 3.05) is 37.8 Å². The lowest BCUT2D eigenvalue weighted by Crippen LogP contribution is -2.42. The summed E-state index contributed by atoms with van der Waals surface area (Å²) in [5.41, 5.74) is 6.70. The first-order chi connectivity index (χ1) is 11.1. The van der Waals surface area contributed by atoms with Crippen LogP contribution in [0.25, 0.3) is 0 Å². The number of piperidine rings is 1. The summed E-state index contributed by atoms with van der Waals surface area (Å²) in [5, 5.41) is 0. The van der Waals surface area contributed by atoms with Crippen LogP contribution in [0, 0.1) is 0 Å². The molecule has 0 saturated carbocycles. The molecular weight excluding hydrogens is 292 g/mol. The lowest BCUT2D eigenvalue weighted by atomic mass is 10.0. The first-order valence-electron chi connectivity index (χ1n) is 7.75. The molecule has 1 fully saturated rings. The highest BCUT2D eigenvalue weighted by molar-refractivity contribution is 5.68. The van der Waals surface area contributed by atoms with Crippen LogP contribution in [-0.4, -0.2) is 53.1 Å². The van der Waals surface area contributed by atoms with Crippen LogP contribution in [0.4, 0.5) is 11.5 Å². The molecule has 2 N–H and O–H groups in total. The van der Waals surface area contributed by atoms with Crippen molar-refractivity contribution in [3.8, 4) is 11.6 Å². The van der Waals surface area contributed by atoms with E-state index in [2.05, 4.69) is 31.8 Å². The summed E-state index contributed by atoms with van der Waals surface area (Å²) >= 11 is 0. The number of likely N-dealkylation sites (tertiary alicyclic amines) is 1. The van der Waals surface area contributed by atoms with Crippen molar-refractivity contribution >= 4 is 11.5 Å². The van der Waals surface area contributed by atoms with Crippen molar-refractivity contribution in [3.05, 3.63) is 30.9 Å². The predicted molar refractivity (Wildman–Crippen MR) is 89.7 cm³/mol. The Balaban J connectivity index is 1.79. The van der Waals surface area contributed by atoms with Gasteiger partial charge >= 0.3 is 0 Å². The van der Waals surface area contributed by atoms with Gasteiger partial charge in [0.2, 0.25) is 5.88 Å². The number of aromatic nitrogens is 3. The Morgan fingerprint density at radius 2 is 2.09 bits per heavy atom. The first kappa shape index (κ1) is 15.5. The number of anilines is 2. The minimum absolute atomic E-state index is 0.364. The molecule has 2 aromatic heterocycles. The first-order valence-corrected chi connectivity index (χ1v) is 7.75. The summed E-state index contributed by atoms with van der Waals surface area (Å²) in [6.07, 6.45) is 6.99. The second-order valence-corrected chi connectivity index (χ2v) is 5.85. The maximum atomic E-state index is 6.24. The van der Waals surface area contributed by atoms with Gasteiger partial charge in [-0.15, -0.1) is 0 Å². The van der Waals surface area contributed by atoms with E-state index in [0.717, 1.165) is 25.9 Å². The average molecular weight is 314 g/mol. The Kier molecular flexibility index (Phi) is 4.57. The highest BCUT2D eigenvalue weighted by Gasteiger charge is 2.24. The van der Waals surface area contributed by atoms with Crippen LogP contribution in [0.3, 0.4) is 0 Å². The van der Waals surface area contributed by atoms with E-state index in [9.17, 15) is 0 Å². The molecule has 1 saturated heterocycles. The van der Waals surface area contributed by atoms with Gasteiger partial charge in [0.25, 0.3) is 0 Å². The van der Waals surface area contributed by atoms with Crippen LogP contribution in [0.2, 0.25) is 0 Å². The molecule has 0 radical (unpaired) electrons. The van der Waals surface area contributed by atoms with Gasteiger partial charge in [0.15, 0.2) is 5.82 Å². The fourth-order valence-corrected chi connectivity index (χ4v) is 2.81. The third-order valence-electron chi connectivity index (χ3n) is 4.25. The zero-order valence-electron chi connectivity index (χ0n) is 13.5. The summed E-state index contributed by atoms with van der Waals surface area (Å²) in [6.45, 7) is 2.16. The molecule has 0 atom stereocenters. The van der Waals surface area contributed by atoms with E-state index in [1.807, 2.05) is 13.1 Å². The summed E-state index contributed by atoms with van der Waals surface area (Å²) < 4.78 is 5.73. The molecule has 7 heteroatoms. The highest BCUT2D eigenvalue weighted by atomic mass is 16.5. The molecule has 0 aliphatic carbocycles. The average Bonchev–Trinajstić information content (AvgIpc) is 2.58. The standard InChI is InChI=1S/C16H22N6O/c1-21-8-5-12(6-9-21)22(2)15-14(17)16(20-11-19-15)23-13-4-3-7-18-10-13/h3-4,7,10-12H,5-6,8-9,17H2,1-2H3. The Morgan fingerprint density at radius 1 is 1.30 bits per heavy atom. The molecule has 1 aliphatic rings. The number of hydrogen-bond donors (Lipinski definition) is 1. The predicted octanol–water partition coefficient (Wildman–Crippen LogP) is 1.78. The third-order valence-corrected chi connectivity index (χ3v) is 4.25. The molecule has 0 amide bonds. The van der Waals surface area contributed by atoms with Crippen LogP contribution >= 0.6 is 0 Å². The molecule has 3 heterocycles. The summed E-state index contributed by atoms with van der Waals surface area (Å²) in [6, 6.07) is 4.04. The summed E-state index contributed by atoms with van der Waals surface area (Å²) in [4.78, 5) is 17.0. The van der Waals surface area contributed by atoms with Crippen LogP contribution in [0.15, 0.2) is 30.9 Å². The lowest BCUT2D eigenvalue weighted by molar-refractivity contribution is 0.252. The van der Waals surface area contributed by atoms with E-state index in [1.165, 1.54) is 6.33 Å². The number of hydrogen-bond acceptors (Lipinski definition) is 7. The van der Waals surface area contributed by atoms with Crippen molar-refractivity contribution in [1.29, 1.82) is 0 Å². The van der Waals surface area contributed by atoms with Crippen molar-refractivity contribution in [2.45, 2.75) is 18.9 Å². The molecular formula is C16H22N6O. The van der Waals surface area contributed by atoms with Crippen LogP contribution in [-0.2, 0) is 0 Å². The Morgan fingerprint density at radius 3 is 2.78 bits per heavy atom. The molecule has 122 valence electrons. The molecule has 1 aliphatic heterocycles. The molecule has 0 spiro atoms. The van der Waals surface area contributed by atoms with Gasteiger partial charge in [0, 0.05) is 19.3 Å². The fourth-order valence-electron chi connectivity index (χ4n) is 2.81. The number of rotatable bonds is 4. The Hall–Kier alpha value is -2.41. The minimum Gasteiger partial charge on any atom is -0.435 e. The van der Waals surface area contributed by atoms with Gasteiger partial charge in [-0.2, -0.15) is 4.98 Å². The molecule has 0 bridgehead atoms. The van der Waals surface area contributed by atoms with Crippen molar-refractivity contribution in [3.63, 3.8) is 0 Å². The largest absolute Gasteiger partial charge is 0.435 e. The van der Waals surface area contributed by atoms with Gasteiger partial charge in [-0.1, -0.05) is 0 Å². The quantitative estimate of drug-likeness (QED) is 0.921. The fraction of sp³-hybridized carbons (Fsp3) is 0.438. The zero-order chi connectivity index (χ0) is 16.2. The van der Waals surface area contributed by atoms with Gasteiger partial charge in [-0.25, -0.2) is 4.98 Å². The number of nitrogens with two attached hydrogens (primary N) is 1. The number of pyridine rings is 1. The third kappa shape index (κ3) is 3.50. The summed E-state index contributed by atoms with van der Waals surface area (Å²) in [5.74, 6) is 1.68. The van der Waals surface area contributed by atoms with Crippen molar-refractivity contribution < 1.29 is 4.74 Å². The Labute approximate surface area is 136 Å². The van der Waals surface area contributed by atoms with E-state index in [4.69, 9.17) is 10.5 Å². The summed E-state index contributed by atoms with van der Waals surface area (Å²) in [7, 11) is 4.18. The van der Waals surface area contributed by atoms with Gasteiger partial charge in [-0.05, 0) is 45.1 Å². The van der Waals surface area contributed by atoms with Gasteiger partial charge in [0.1, 0.15) is 17.8 Å². The second kappa shape index (κ2) is 6.78. The molecule has 0 aromatic carbocycles. The SMILES string of the molecule is CN1CCC(N(C)c2ncnc(Oc3cccnc3)c2N)CC1. The number of ether oxygens (including phenoxy) is 1. The smallest absolute Gasteiger partial charge is 0.248 e. The highest BCUT2D eigenvalue weighted by Crippen LogP contribution is 2.32. The molecule has 7 nitrogen and oxygen atoms in total. The van der Waals surface area contributed by atoms with E-state index in [-0.39, 0.29) is 0 Å². The lowest BCUT2D eigenvalue weighted by Gasteiger charge is -2.36. The number of nitrogens with zero attached hydrogens (tertiary/aromatic N) is 5. The van der Waals surface area contributed by atoms with Gasteiger partial charge < -0.3 is 20.3 Å².